The van der Waals surface area contributed by atoms with Gasteiger partial charge in [0.15, 0.2) is 0 Å². The Bertz CT molecular complexity index is 207. The smallest absolute Gasteiger partial charge is 0.0540 e. The number of hydrogen-bond acceptors (Lipinski definition) is 1. The largest absolute Gasteiger partial charge is 0.393 e. The van der Waals surface area contributed by atoms with Crippen molar-refractivity contribution in [1.82, 2.24) is 0 Å². The first-order valence-electron chi connectivity index (χ1n) is 7.30. The van der Waals surface area contributed by atoms with Crippen LogP contribution in [-0.4, -0.2) is 11.2 Å². The molecule has 94 valence electrons. The molecule has 0 bridgehead atoms. The van der Waals surface area contributed by atoms with Gasteiger partial charge in [-0.2, -0.15) is 0 Å². The van der Waals surface area contributed by atoms with E-state index in [2.05, 4.69) is 6.92 Å². The Morgan fingerprint density at radius 3 is 2.06 bits per heavy atom. The van der Waals surface area contributed by atoms with Gasteiger partial charge in [-0.15, -0.1) is 0 Å². The zero-order valence-corrected chi connectivity index (χ0v) is 11.0. The van der Waals surface area contributed by atoms with Gasteiger partial charge in [-0.25, -0.2) is 0 Å². The van der Waals surface area contributed by atoms with Crippen molar-refractivity contribution in [3.63, 3.8) is 0 Å². The molecule has 0 aromatic heterocycles. The van der Waals surface area contributed by atoms with Crippen molar-refractivity contribution in [1.29, 1.82) is 0 Å². The average Bonchev–Trinajstić information content (AvgIpc) is 2.30. The number of aliphatic hydroxyl groups excluding tert-OH is 1. The molecular formula is C15H28O. The highest BCUT2D eigenvalue weighted by atomic mass is 16.3. The average molecular weight is 224 g/mol. The van der Waals surface area contributed by atoms with Crippen LogP contribution in [0.1, 0.15) is 71.6 Å². The van der Waals surface area contributed by atoms with E-state index in [0.29, 0.717) is 11.3 Å². The monoisotopic (exact) mass is 224 g/mol. The molecule has 16 heavy (non-hydrogen) atoms. The summed E-state index contributed by atoms with van der Waals surface area (Å²) in [5.74, 6) is 1.53. The molecule has 1 heteroatoms. The van der Waals surface area contributed by atoms with Gasteiger partial charge in [0.2, 0.25) is 0 Å². The third kappa shape index (κ3) is 2.61. The van der Waals surface area contributed by atoms with E-state index in [1.807, 2.05) is 6.92 Å². The Balaban J connectivity index is 1.88. The maximum Gasteiger partial charge on any atom is 0.0540 e. The molecule has 2 fully saturated rings. The summed E-state index contributed by atoms with van der Waals surface area (Å²) in [6, 6.07) is 0. The number of rotatable bonds is 2. The minimum Gasteiger partial charge on any atom is -0.393 e. The topological polar surface area (TPSA) is 20.2 Å². The Labute approximate surface area is 101 Å². The van der Waals surface area contributed by atoms with Crippen LogP contribution in [0.2, 0.25) is 0 Å². The quantitative estimate of drug-likeness (QED) is 0.747. The van der Waals surface area contributed by atoms with Crippen molar-refractivity contribution in [2.75, 3.05) is 0 Å². The van der Waals surface area contributed by atoms with Crippen molar-refractivity contribution >= 4 is 0 Å². The predicted octanol–water partition coefficient (Wildman–Crippen LogP) is 4.14. The van der Waals surface area contributed by atoms with E-state index < -0.39 is 0 Å². The summed E-state index contributed by atoms with van der Waals surface area (Å²) >= 11 is 0. The van der Waals surface area contributed by atoms with Crippen LogP contribution in [0.25, 0.3) is 0 Å². The van der Waals surface area contributed by atoms with E-state index in [-0.39, 0.29) is 6.10 Å². The van der Waals surface area contributed by atoms with Crippen molar-refractivity contribution in [3.8, 4) is 0 Å². The first-order valence-corrected chi connectivity index (χ1v) is 7.30. The van der Waals surface area contributed by atoms with Crippen molar-refractivity contribution in [2.45, 2.75) is 77.7 Å². The fourth-order valence-electron chi connectivity index (χ4n) is 4.07. The molecule has 1 atom stereocenters. The van der Waals surface area contributed by atoms with Crippen LogP contribution in [0.4, 0.5) is 0 Å². The van der Waals surface area contributed by atoms with Crippen LogP contribution in [-0.2, 0) is 0 Å². The number of hydrogen-bond donors (Lipinski definition) is 1. The van der Waals surface area contributed by atoms with Gasteiger partial charge < -0.3 is 5.11 Å². The Hall–Kier alpha value is -0.0400. The zero-order valence-electron chi connectivity index (χ0n) is 11.0. The molecule has 2 rings (SSSR count). The highest BCUT2D eigenvalue weighted by Gasteiger charge is 2.37. The molecule has 1 unspecified atom stereocenters. The summed E-state index contributed by atoms with van der Waals surface area (Å²) < 4.78 is 0. The van der Waals surface area contributed by atoms with Crippen LogP contribution in [0.3, 0.4) is 0 Å². The molecule has 0 aromatic rings. The van der Waals surface area contributed by atoms with Gasteiger partial charge in [0, 0.05) is 0 Å². The molecule has 0 heterocycles. The van der Waals surface area contributed by atoms with E-state index in [9.17, 15) is 5.11 Å². The summed E-state index contributed by atoms with van der Waals surface area (Å²) in [6.07, 6.45) is 12.4. The first-order chi connectivity index (χ1) is 7.62. The first kappa shape index (κ1) is 12.4. The molecule has 0 radical (unpaired) electrons. The van der Waals surface area contributed by atoms with E-state index in [4.69, 9.17) is 0 Å². The molecule has 2 aliphatic carbocycles. The van der Waals surface area contributed by atoms with Gasteiger partial charge in [-0.1, -0.05) is 26.2 Å². The Morgan fingerprint density at radius 2 is 1.56 bits per heavy atom. The molecule has 1 nitrogen and oxygen atoms in total. The predicted molar refractivity (Wildman–Crippen MR) is 68.3 cm³/mol. The second kappa shape index (κ2) is 5.08. The van der Waals surface area contributed by atoms with Crippen LogP contribution in [0, 0.1) is 17.3 Å². The van der Waals surface area contributed by atoms with E-state index in [1.54, 1.807) is 0 Å². The zero-order chi connectivity index (χ0) is 11.6. The SMILES string of the molecule is CC(O)C1CCC(C2(C)CCCCC2)CC1. The maximum atomic E-state index is 9.64. The normalized spacial score (nSPS) is 36.9. The Morgan fingerprint density at radius 1 is 1.00 bits per heavy atom. The van der Waals surface area contributed by atoms with E-state index in [1.165, 1.54) is 57.8 Å². The van der Waals surface area contributed by atoms with Crippen LogP contribution in [0.15, 0.2) is 0 Å². The lowest BCUT2D eigenvalue weighted by Gasteiger charge is -2.44. The van der Waals surface area contributed by atoms with Gasteiger partial charge in [0.1, 0.15) is 0 Å². The lowest BCUT2D eigenvalue weighted by molar-refractivity contribution is 0.0362. The van der Waals surface area contributed by atoms with Crippen LogP contribution >= 0.6 is 0 Å². The highest BCUT2D eigenvalue weighted by Crippen LogP contribution is 2.48. The third-order valence-electron chi connectivity index (χ3n) is 5.44. The van der Waals surface area contributed by atoms with Crippen LogP contribution in [0.5, 0.6) is 0 Å². The van der Waals surface area contributed by atoms with Gasteiger partial charge in [0.25, 0.3) is 0 Å². The van der Waals surface area contributed by atoms with Gasteiger partial charge in [-0.05, 0) is 62.7 Å². The van der Waals surface area contributed by atoms with Crippen molar-refractivity contribution in [3.05, 3.63) is 0 Å². The summed E-state index contributed by atoms with van der Waals surface area (Å²) in [7, 11) is 0. The maximum absolute atomic E-state index is 9.64. The molecule has 0 amide bonds. The fraction of sp³-hybridized carbons (Fsp3) is 1.00. The molecule has 1 N–H and O–H groups in total. The lowest BCUT2D eigenvalue weighted by Crippen LogP contribution is -2.34. The molecule has 0 saturated heterocycles. The van der Waals surface area contributed by atoms with Gasteiger partial charge in [0.05, 0.1) is 6.10 Å². The molecule has 0 spiro atoms. The molecular weight excluding hydrogens is 196 g/mol. The van der Waals surface area contributed by atoms with Gasteiger partial charge >= 0.3 is 0 Å². The molecule has 0 aromatic carbocycles. The molecule has 2 aliphatic rings. The summed E-state index contributed by atoms with van der Waals surface area (Å²) in [6.45, 7) is 4.49. The second-order valence-corrected chi connectivity index (χ2v) is 6.57. The van der Waals surface area contributed by atoms with Crippen LogP contribution < -0.4 is 0 Å². The lowest BCUT2D eigenvalue weighted by atomic mass is 9.61. The Kier molecular flexibility index (Phi) is 3.94. The minimum absolute atomic E-state index is 0.0832. The van der Waals surface area contributed by atoms with E-state index >= 15 is 0 Å². The number of aliphatic hydroxyl groups is 1. The summed E-state index contributed by atoms with van der Waals surface area (Å²) in [5.41, 5.74) is 0.641. The van der Waals surface area contributed by atoms with Crippen molar-refractivity contribution < 1.29 is 5.11 Å². The second-order valence-electron chi connectivity index (χ2n) is 6.57. The van der Waals surface area contributed by atoms with Crippen molar-refractivity contribution in [2.24, 2.45) is 17.3 Å². The summed E-state index contributed by atoms with van der Waals surface area (Å²) in [5, 5.41) is 9.64. The highest BCUT2D eigenvalue weighted by molar-refractivity contribution is 4.89. The minimum atomic E-state index is -0.0832. The summed E-state index contributed by atoms with van der Waals surface area (Å²) in [4.78, 5) is 0. The van der Waals surface area contributed by atoms with Gasteiger partial charge in [-0.3, -0.25) is 0 Å². The fourth-order valence-corrected chi connectivity index (χ4v) is 4.07. The van der Waals surface area contributed by atoms with E-state index in [0.717, 1.165) is 5.92 Å². The molecule has 2 saturated carbocycles. The third-order valence-corrected chi connectivity index (χ3v) is 5.44. The standard InChI is InChI=1S/C15H28O/c1-12(16)13-6-8-14(9-7-13)15(2)10-4-3-5-11-15/h12-14,16H,3-11H2,1-2H3. The molecule has 0 aliphatic heterocycles.